The maximum Gasteiger partial charge on any atom is 0.196 e. The van der Waals surface area contributed by atoms with E-state index in [2.05, 4.69) is 15.6 Å². The number of rotatable bonds is 6. The van der Waals surface area contributed by atoms with Crippen LogP contribution in [-0.2, 0) is 16.4 Å². The molecule has 0 bridgehead atoms. The van der Waals surface area contributed by atoms with E-state index in [0.29, 0.717) is 19.0 Å². The van der Waals surface area contributed by atoms with Gasteiger partial charge in [-0.25, -0.2) is 13.4 Å². The van der Waals surface area contributed by atoms with Crippen molar-refractivity contribution in [3.63, 3.8) is 0 Å². The molecule has 0 spiro atoms. The molecule has 7 heteroatoms. The zero-order valence-corrected chi connectivity index (χ0v) is 17.5. The maximum absolute atomic E-state index is 11.3. The van der Waals surface area contributed by atoms with Gasteiger partial charge in [-0.3, -0.25) is 0 Å². The van der Waals surface area contributed by atoms with Crippen LogP contribution in [0, 0.1) is 6.92 Å². The van der Waals surface area contributed by atoms with E-state index in [9.17, 15) is 8.42 Å². The number of guanidine groups is 1. The highest BCUT2D eigenvalue weighted by atomic mass is 127. The standard InChI is InChI=1S/C18H23N3O2S.HI/c1-15-8-10-16(11-9-15)14-20-18(19-12-13-24(2,22)23)21-17-6-4-3-5-7-17;/h3-11H,12-14H2,1-2H3,(H2,19,20,21);1H. The third kappa shape index (κ3) is 8.87. The van der Waals surface area contributed by atoms with Gasteiger partial charge in [0.15, 0.2) is 5.96 Å². The second-order valence-corrected chi connectivity index (χ2v) is 7.96. The molecule has 0 fully saturated rings. The average molecular weight is 473 g/mol. The van der Waals surface area contributed by atoms with Crippen LogP contribution in [0.4, 0.5) is 5.69 Å². The second-order valence-electron chi connectivity index (χ2n) is 5.70. The molecule has 0 unspecified atom stereocenters. The van der Waals surface area contributed by atoms with Gasteiger partial charge in [0.05, 0.1) is 12.3 Å². The molecular weight excluding hydrogens is 449 g/mol. The molecule has 0 aliphatic carbocycles. The number of nitrogens with zero attached hydrogens (tertiary/aromatic N) is 1. The minimum absolute atomic E-state index is 0. The van der Waals surface area contributed by atoms with Gasteiger partial charge in [0.2, 0.25) is 0 Å². The Morgan fingerprint density at radius 3 is 2.28 bits per heavy atom. The predicted molar refractivity (Wildman–Crippen MR) is 116 cm³/mol. The second kappa shape index (κ2) is 10.4. The summed E-state index contributed by atoms with van der Waals surface area (Å²) in [5, 5.41) is 6.26. The first kappa shape index (κ1) is 21.4. The zero-order valence-electron chi connectivity index (χ0n) is 14.4. The lowest BCUT2D eigenvalue weighted by molar-refractivity contribution is 0.600. The van der Waals surface area contributed by atoms with E-state index < -0.39 is 9.84 Å². The van der Waals surface area contributed by atoms with E-state index in [-0.39, 0.29) is 29.7 Å². The van der Waals surface area contributed by atoms with Crippen LogP contribution in [0.25, 0.3) is 0 Å². The fraction of sp³-hybridized carbons (Fsp3) is 0.278. The van der Waals surface area contributed by atoms with Crippen molar-refractivity contribution in [3.8, 4) is 0 Å². The van der Waals surface area contributed by atoms with Crippen LogP contribution in [0.1, 0.15) is 11.1 Å². The highest BCUT2D eigenvalue weighted by Gasteiger charge is 2.04. The van der Waals surface area contributed by atoms with Gasteiger partial charge in [-0.05, 0) is 24.6 Å². The van der Waals surface area contributed by atoms with Gasteiger partial charge in [0.25, 0.3) is 0 Å². The lowest BCUT2D eigenvalue weighted by Crippen LogP contribution is -2.34. The molecule has 136 valence electrons. The SMILES string of the molecule is Cc1ccc(CN=C(NCCS(C)(=O)=O)Nc2ccccc2)cc1.I. The van der Waals surface area contributed by atoms with E-state index in [1.54, 1.807) is 0 Å². The Kier molecular flexibility index (Phi) is 8.91. The van der Waals surface area contributed by atoms with Crippen LogP contribution >= 0.6 is 24.0 Å². The van der Waals surface area contributed by atoms with Crippen LogP contribution < -0.4 is 10.6 Å². The smallest absolute Gasteiger partial charge is 0.196 e. The zero-order chi connectivity index (χ0) is 17.4. The van der Waals surface area contributed by atoms with E-state index in [1.165, 1.54) is 11.8 Å². The van der Waals surface area contributed by atoms with Gasteiger partial charge in [-0.2, -0.15) is 0 Å². The number of halogens is 1. The molecule has 2 aromatic rings. The summed E-state index contributed by atoms with van der Waals surface area (Å²) in [6, 6.07) is 17.8. The van der Waals surface area contributed by atoms with Crippen molar-refractivity contribution in [1.29, 1.82) is 0 Å². The van der Waals surface area contributed by atoms with E-state index in [4.69, 9.17) is 0 Å². The number of hydrogen-bond acceptors (Lipinski definition) is 3. The third-order valence-electron chi connectivity index (χ3n) is 3.34. The number of aliphatic imine (C=N–C) groups is 1. The monoisotopic (exact) mass is 473 g/mol. The van der Waals surface area contributed by atoms with Crippen LogP contribution in [0.3, 0.4) is 0 Å². The van der Waals surface area contributed by atoms with Gasteiger partial charge < -0.3 is 10.6 Å². The van der Waals surface area contributed by atoms with Crippen LogP contribution in [0.5, 0.6) is 0 Å². The minimum Gasteiger partial charge on any atom is -0.355 e. The van der Waals surface area contributed by atoms with E-state index >= 15 is 0 Å². The van der Waals surface area contributed by atoms with Crippen molar-refractivity contribution in [1.82, 2.24) is 5.32 Å². The van der Waals surface area contributed by atoms with Crippen LogP contribution in [-0.4, -0.2) is 32.9 Å². The molecule has 0 amide bonds. The molecule has 0 atom stereocenters. The number of anilines is 1. The lowest BCUT2D eigenvalue weighted by Gasteiger charge is -2.12. The molecule has 0 radical (unpaired) electrons. The molecule has 0 aliphatic rings. The summed E-state index contributed by atoms with van der Waals surface area (Å²) in [4.78, 5) is 4.54. The van der Waals surface area contributed by atoms with Crippen molar-refractivity contribution < 1.29 is 8.42 Å². The molecule has 25 heavy (non-hydrogen) atoms. The highest BCUT2D eigenvalue weighted by molar-refractivity contribution is 14.0. The van der Waals surface area contributed by atoms with Gasteiger partial charge in [0, 0.05) is 18.5 Å². The summed E-state index contributed by atoms with van der Waals surface area (Å²) in [5.41, 5.74) is 3.20. The first-order valence-electron chi connectivity index (χ1n) is 7.76. The largest absolute Gasteiger partial charge is 0.355 e. The number of nitrogens with one attached hydrogen (secondary N) is 2. The van der Waals surface area contributed by atoms with Gasteiger partial charge in [0.1, 0.15) is 9.84 Å². The molecule has 5 nitrogen and oxygen atoms in total. The van der Waals surface area contributed by atoms with Crippen molar-refractivity contribution in [2.45, 2.75) is 13.5 Å². The number of para-hydroxylation sites is 1. The van der Waals surface area contributed by atoms with E-state index in [1.807, 2.05) is 61.5 Å². The Balaban J connectivity index is 0.00000312. The quantitative estimate of drug-likeness (QED) is 0.384. The summed E-state index contributed by atoms with van der Waals surface area (Å²) in [5.74, 6) is 0.623. The molecule has 2 rings (SSSR count). The first-order valence-corrected chi connectivity index (χ1v) is 9.82. The maximum atomic E-state index is 11.3. The first-order chi connectivity index (χ1) is 11.4. The molecule has 0 aromatic heterocycles. The van der Waals surface area contributed by atoms with Gasteiger partial charge in [-0.15, -0.1) is 24.0 Å². The summed E-state index contributed by atoms with van der Waals surface area (Å²) in [6.07, 6.45) is 1.22. The predicted octanol–water partition coefficient (Wildman–Crippen LogP) is 3.22. The minimum atomic E-state index is -3.01. The number of sulfone groups is 1. The average Bonchev–Trinajstić information content (AvgIpc) is 2.54. The number of aryl methyl sites for hydroxylation is 1. The molecule has 0 saturated carbocycles. The summed E-state index contributed by atoms with van der Waals surface area (Å²) >= 11 is 0. The fourth-order valence-electron chi connectivity index (χ4n) is 2.02. The van der Waals surface area contributed by atoms with Crippen molar-refractivity contribution in [2.24, 2.45) is 4.99 Å². The normalized spacial score (nSPS) is 11.5. The number of benzene rings is 2. The Labute approximate surface area is 166 Å². The Bertz CT molecular complexity index is 776. The Morgan fingerprint density at radius 2 is 1.68 bits per heavy atom. The molecule has 2 N–H and O–H groups in total. The summed E-state index contributed by atoms with van der Waals surface area (Å²) in [7, 11) is -3.01. The third-order valence-corrected chi connectivity index (χ3v) is 4.29. The highest BCUT2D eigenvalue weighted by Crippen LogP contribution is 2.07. The van der Waals surface area contributed by atoms with Gasteiger partial charge >= 0.3 is 0 Å². The summed E-state index contributed by atoms with van der Waals surface area (Å²) in [6.45, 7) is 2.87. The van der Waals surface area contributed by atoms with Crippen molar-refractivity contribution in [2.75, 3.05) is 23.9 Å². The molecule has 0 heterocycles. The van der Waals surface area contributed by atoms with E-state index in [0.717, 1.165) is 11.3 Å². The van der Waals surface area contributed by atoms with Crippen molar-refractivity contribution >= 4 is 45.5 Å². The molecular formula is C18H24IN3O2S. The number of hydrogen-bond donors (Lipinski definition) is 2. The Morgan fingerprint density at radius 1 is 1.04 bits per heavy atom. The lowest BCUT2D eigenvalue weighted by atomic mass is 10.1. The molecule has 0 saturated heterocycles. The molecule has 0 aliphatic heterocycles. The Hall–Kier alpha value is -1.61. The fourth-order valence-corrected chi connectivity index (χ4v) is 2.49. The van der Waals surface area contributed by atoms with Crippen LogP contribution in [0.2, 0.25) is 0 Å². The summed E-state index contributed by atoms with van der Waals surface area (Å²) < 4.78 is 22.6. The van der Waals surface area contributed by atoms with Crippen molar-refractivity contribution in [3.05, 3.63) is 65.7 Å². The van der Waals surface area contributed by atoms with Gasteiger partial charge in [-0.1, -0.05) is 48.0 Å². The molecule has 2 aromatic carbocycles. The topological polar surface area (TPSA) is 70.6 Å². The van der Waals surface area contributed by atoms with Crippen LogP contribution in [0.15, 0.2) is 59.6 Å².